The third-order valence-electron chi connectivity index (χ3n) is 4.65. The predicted molar refractivity (Wildman–Crippen MR) is 102 cm³/mol. The van der Waals surface area contributed by atoms with Gasteiger partial charge < -0.3 is 24.3 Å². The third kappa shape index (κ3) is 2.96. The Morgan fingerprint density at radius 2 is 1.93 bits per heavy atom. The van der Waals surface area contributed by atoms with Gasteiger partial charge in [-0.25, -0.2) is 0 Å². The third-order valence-corrected chi connectivity index (χ3v) is 4.65. The smallest absolute Gasteiger partial charge is 0.253 e. The van der Waals surface area contributed by atoms with E-state index in [4.69, 9.17) is 14.0 Å². The second kappa shape index (κ2) is 6.77. The van der Waals surface area contributed by atoms with Crippen LogP contribution in [0.4, 0.5) is 0 Å². The number of carbonyl (C=O) groups is 1. The molecule has 2 aromatic heterocycles. The minimum atomic E-state index is -0.165. The molecule has 2 N–H and O–H groups in total. The van der Waals surface area contributed by atoms with Crippen LogP contribution >= 0.6 is 0 Å². The highest BCUT2D eigenvalue weighted by molar-refractivity contribution is 6.06. The fraction of sp³-hybridized carbons (Fsp3) is 0.143. The Morgan fingerprint density at radius 3 is 2.86 bits per heavy atom. The molecule has 0 saturated carbocycles. The molecule has 1 aliphatic heterocycles. The number of aromatic nitrogens is 2. The first kappa shape index (κ1) is 16.4. The molecule has 0 bridgehead atoms. The summed E-state index contributed by atoms with van der Waals surface area (Å²) in [5.41, 5.74) is 3.00. The molecular weight excluding hydrogens is 358 g/mol. The molecule has 0 aliphatic carbocycles. The van der Waals surface area contributed by atoms with E-state index in [2.05, 4.69) is 15.5 Å². The molecule has 0 saturated heterocycles. The van der Waals surface area contributed by atoms with Gasteiger partial charge in [0, 0.05) is 28.7 Å². The predicted octanol–water partition coefficient (Wildman–Crippen LogP) is 3.52. The summed E-state index contributed by atoms with van der Waals surface area (Å²) in [7, 11) is 0. The second-order valence-corrected chi connectivity index (χ2v) is 6.47. The molecule has 2 aromatic carbocycles. The van der Waals surface area contributed by atoms with E-state index in [1.54, 1.807) is 12.3 Å². The van der Waals surface area contributed by atoms with E-state index in [1.165, 1.54) is 0 Å². The van der Waals surface area contributed by atoms with Gasteiger partial charge in [-0.3, -0.25) is 4.79 Å². The summed E-state index contributed by atoms with van der Waals surface area (Å²) < 4.78 is 16.6. The van der Waals surface area contributed by atoms with Gasteiger partial charge in [-0.05, 0) is 24.3 Å². The van der Waals surface area contributed by atoms with E-state index < -0.39 is 0 Å². The molecule has 140 valence electrons. The number of H-pyrrole nitrogens is 1. The van der Waals surface area contributed by atoms with Gasteiger partial charge in [0.15, 0.2) is 17.3 Å². The highest BCUT2D eigenvalue weighted by Crippen LogP contribution is 2.34. The number of hydrogen-bond acceptors (Lipinski definition) is 5. The number of carbonyl (C=O) groups excluding carboxylic acids is 1. The SMILES string of the molecule is O=C(NCc1cc(-c2ccc3c(c2)OCCO3)on1)c1c[nH]c2ccccc12. The van der Waals surface area contributed by atoms with Crippen molar-refractivity contribution in [3.8, 4) is 22.8 Å². The molecule has 1 amide bonds. The Bertz CT molecular complexity index is 1160. The van der Waals surface area contributed by atoms with Crippen molar-refractivity contribution in [3.63, 3.8) is 0 Å². The molecule has 0 fully saturated rings. The number of rotatable bonds is 4. The van der Waals surface area contributed by atoms with Crippen LogP contribution in [0.15, 0.2) is 59.3 Å². The van der Waals surface area contributed by atoms with Crippen LogP contribution < -0.4 is 14.8 Å². The summed E-state index contributed by atoms with van der Waals surface area (Å²) in [6.45, 7) is 1.35. The fourth-order valence-electron chi connectivity index (χ4n) is 3.25. The maximum absolute atomic E-state index is 12.5. The molecule has 1 aliphatic rings. The standard InChI is InChI=1S/C21H17N3O4/c25-21(16-12-22-17-4-2-1-3-15(16)17)23-11-14-10-19(28-24-14)13-5-6-18-20(9-13)27-8-7-26-18/h1-6,9-10,12,22H,7-8,11H2,(H,23,25). The van der Waals surface area contributed by atoms with Gasteiger partial charge in [0.1, 0.15) is 18.9 Å². The number of ether oxygens (including phenoxy) is 2. The van der Waals surface area contributed by atoms with Gasteiger partial charge in [-0.2, -0.15) is 0 Å². The Balaban J connectivity index is 1.30. The van der Waals surface area contributed by atoms with Gasteiger partial charge >= 0.3 is 0 Å². The number of aromatic amines is 1. The number of fused-ring (bicyclic) bond motifs is 2. The van der Waals surface area contributed by atoms with Crippen molar-refractivity contribution in [2.24, 2.45) is 0 Å². The maximum atomic E-state index is 12.5. The van der Waals surface area contributed by atoms with Gasteiger partial charge in [-0.1, -0.05) is 23.4 Å². The molecule has 7 nitrogen and oxygen atoms in total. The summed E-state index contributed by atoms with van der Waals surface area (Å²) in [5.74, 6) is 1.85. The van der Waals surface area contributed by atoms with Crippen LogP contribution in [0, 0.1) is 0 Å². The summed E-state index contributed by atoms with van der Waals surface area (Å²) in [6, 6.07) is 15.1. The minimum Gasteiger partial charge on any atom is -0.486 e. The molecular formula is C21H17N3O4. The number of amides is 1. The molecule has 0 unspecified atom stereocenters. The van der Waals surface area contributed by atoms with Crippen LogP contribution in [0.3, 0.4) is 0 Å². The number of nitrogens with zero attached hydrogens (tertiary/aromatic N) is 1. The molecule has 0 atom stereocenters. The van der Waals surface area contributed by atoms with Crippen molar-refractivity contribution in [1.29, 1.82) is 0 Å². The molecule has 3 heterocycles. The topological polar surface area (TPSA) is 89.4 Å². The minimum absolute atomic E-state index is 0.165. The van der Waals surface area contributed by atoms with E-state index in [-0.39, 0.29) is 12.5 Å². The zero-order valence-electron chi connectivity index (χ0n) is 14.9. The van der Waals surface area contributed by atoms with Crippen LogP contribution in [0.5, 0.6) is 11.5 Å². The van der Waals surface area contributed by atoms with E-state index >= 15 is 0 Å². The highest BCUT2D eigenvalue weighted by atomic mass is 16.6. The fourth-order valence-corrected chi connectivity index (χ4v) is 3.25. The van der Waals surface area contributed by atoms with Gasteiger partial charge in [0.25, 0.3) is 5.91 Å². The van der Waals surface area contributed by atoms with Crippen LogP contribution in [-0.4, -0.2) is 29.3 Å². The Labute approximate surface area is 160 Å². The van der Waals surface area contributed by atoms with Crippen LogP contribution in [0.1, 0.15) is 16.1 Å². The summed E-state index contributed by atoms with van der Waals surface area (Å²) >= 11 is 0. The van der Waals surface area contributed by atoms with Gasteiger partial charge in [-0.15, -0.1) is 0 Å². The molecule has 0 radical (unpaired) electrons. The Kier molecular flexibility index (Phi) is 3.97. The molecule has 28 heavy (non-hydrogen) atoms. The van der Waals surface area contributed by atoms with E-state index in [0.29, 0.717) is 36.0 Å². The number of benzene rings is 2. The highest BCUT2D eigenvalue weighted by Gasteiger charge is 2.16. The normalized spacial score (nSPS) is 12.9. The lowest BCUT2D eigenvalue weighted by atomic mass is 10.1. The first-order valence-corrected chi connectivity index (χ1v) is 8.98. The monoisotopic (exact) mass is 375 g/mol. The van der Waals surface area contributed by atoms with Crippen molar-refractivity contribution in [2.45, 2.75) is 6.54 Å². The Hall–Kier alpha value is -3.74. The lowest BCUT2D eigenvalue weighted by Crippen LogP contribution is -2.22. The molecule has 5 rings (SSSR count). The summed E-state index contributed by atoms with van der Waals surface area (Å²) in [6.07, 6.45) is 1.71. The first-order chi connectivity index (χ1) is 13.8. The van der Waals surface area contributed by atoms with E-state index in [9.17, 15) is 4.79 Å². The Morgan fingerprint density at radius 1 is 1.07 bits per heavy atom. The average molecular weight is 375 g/mol. The lowest BCUT2D eigenvalue weighted by molar-refractivity contribution is 0.0952. The summed E-state index contributed by atoms with van der Waals surface area (Å²) in [5, 5.41) is 7.82. The van der Waals surface area contributed by atoms with Crippen LogP contribution in [0.25, 0.3) is 22.2 Å². The van der Waals surface area contributed by atoms with E-state index in [1.807, 2.05) is 42.5 Å². The zero-order valence-corrected chi connectivity index (χ0v) is 14.9. The second-order valence-electron chi connectivity index (χ2n) is 6.47. The van der Waals surface area contributed by atoms with Crippen LogP contribution in [-0.2, 0) is 6.54 Å². The zero-order chi connectivity index (χ0) is 18.9. The van der Waals surface area contributed by atoms with Gasteiger partial charge in [0.05, 0.1) is 12.1 Å². The first-order valence-electron chi connectivity index (χ1n) is 8.98. The van der Waals surface area contributed by atoms with Crippen molar-refractivity contribution < 1.29 is 18.8 Å². The maximum Gasteiger partial charge on any atom is 0.253 e. The van der Waals surface area contributed by atoms with Crippen molar-refractivity contribution in [2.75, 3.05) is 13.2 Å². The number of para-hydroxylation sites is 1. The van der Waals surface area contributed by atoms with Crippen molar-refractivity contribution >= 4 is 16.8 Å². The van der Waals surface area contributed by atoms with E-state index in [0.717, 1.165) is 22.2 Å². The molecule has 4 aromatic rings. The van der Waals surface area contributed by atoms with Crippen LogP contribution in [0.2, 0.25) is 0 Å². The number of hydrogen-bond donors (Lipinski definition) is 2. The molecule has 7 heteroatoms. The van der Waals surface area contributed by atoms with Gasteiger partial charge in [0.2, 0.25) is 0 Å². The quantitative estimate of drug-likeness (QED) is 0.570. The average Bonchev–Trinajstić information content (AvgIpc) is 3.39. The van der Waals surface area contributed by atoms with Crippen molar-refractivity contribution in [3.05, 3.63) is 66.0 Å². The number of nitrogens with one attached hydrogen (secondary N) is 2. The lowest BCUT2D eigenvalue weighted by Gasteiger charge is -2.18. The molecule has 0 spiro atoms. The van der Waals surface area contributed by atoms with Crippen molar-refractivity contribution in [1.82, 2.24) is 15.5 Å². The largest absolute Gasteiger partial charge is 0.486 e. The summed E-state index contributed by atoms with van der Waals surface area (Å²) in [4.78, 5) is 15.6.